The van der Waals surface area contributed by atoms with E-state index in [0.717, 1.165) is 0 Å². The number of carbonyl (C=O) groups is 2. The maximum Gasteiger partial charge on any atom is 0.260 e. The molecule has 1 aliphatic rings. The summed E-state index contributed by atoms with van der Waals surface area (Å²) in [4.78, 5) is 27.0. The fraction of sp³-hybridized carbons (Fsp3) is 0.391. The van der Waals surface area contributed by atoms with Gasteiger partial charge in [0.2, 0.25) is 0 Å². The average Bonchev–Trinajstić information content (AvgIpc) is 2.78. The van der Waals surface area contributed by atoms with Crippen molar-refractivity contribution < 1.29 is 19.1 Å². The lowest BCUT2D eigenvalue weighted by Crippen LogP contribution is -2.57. The van der Waals surface area contributed by atoms with Crippen molar-refractivity contribution in [3.05, 3.63) is 66.2 Å². The number of hydrogen-bond acceptors (Lipinski definition) is 4. The lowest BCUT2D eigenvalue weighted by molar-refractivity contribution is -0.135. The van der Waals surface area contributed by atoms with Crippen LogP contribution in [0.15, 0.2) is 60.7 Å². The summed E-state index contributed by atoms with van der Waals surface area (Å²) in [6, 6.07) is 18.5. The topological polar surface area (TPSA) is 67.9 Å². The molecule has 6 heteroatoms. The van der Waals surface area contributed by atoms with Crippen molar-refractivity contribution in [3.63, 3.8) is 0 Å². The number of hydrogen-bond donors (Lipinski definition) is 1. The van der Waals surface area contributed by atoms with Gasteiger partial charge in [-0.05, 0) is 43.5 Å². The van der Waals surface area contributed by atoms with E-state index in [9.17, 15) is 9.59 Å². The van der Waals surface area contributed by atoms with Gasteiger partial charge in [-0.2, -0.15) is 0 Å². The molecule has 0 aliphatic carbocycles. The van der Waals surface area contributed by atoms with Crippen molar-refractivity contribution in [3.8, 4) is 5.75 Å². The van der Waals surface area contributed by atoms with Crippen LogP contribution in [0.1, 0.15) is 29.6 Å². The molecule has 0 bridgehead atoms. The second kappa shape index (κ2) is 10.1. The molecule has 2 aromatic rings. The summed E-state index contributed by atoms with van der Waals surface area (Å²) < 4.78 is 10.8. The molecule has 1 aliphatic heterocycles. The first kappa shape index (κ1) is 20.9. The number of carbonyl (C=O) groups excluding carboxylic acids is 2. The quantitative estimate of drug-likeness (QED) is 0.745. The van der Waals surface area contributed by atoms with Gasteiger partial charge in [0.25, 0.3) is 11.8 Å². The SMILES string of the molecule is COCCC1(NC(=O)c2ccccc2)CCN(C(=O)COc2ccccc2)CC1. The zero-order valence-electron chi connectivity index (χ0n) is 16.8. The number of para-hydroxylation sites is 1. The van der Waals surface area contributed by atoms with E-state index in [2.05, 4.69) is 5.32 Å². The molecule has 29 heavy (non-hydrogen) atoms. The normalized spacial score (nSPS) is 15.6. The number of amides is 2. The molecule has 0 atom stereocenters. The van der Waals surface area contributed by atoms with Crippen LogP contribution in [0.5, 0.6) is 5.75 Å². The van der Waals surface area contributed by atoms with Gasteiger partial charge < -0.3 is 19.7 Å². The number of nitrogens with zero attached hydrogens (tertiary/aromatic N) is 1. The summed E-state index contributed by atoms with van der Waals surface area (Å²) in [6.07, 6.45) is 2.09. The third-order valence-corrected chi connectivity index (χ3v) is 5.38. The van der Waals surface area contributed by atoms with E-state index in [4.69, 9.17) is 9.47 Å². The summed E-state index contributed by atoms with van der Waals surface area (Å²) in [6.45, 7) is 1.73. The summed E-state index contributed by atoms with van der Waals surface area (Å²) in [5.41, 5.74) is 0.263. The van der Waals surface area contributed by atoms with Crippen LogP contribution in [0, 0.1) is 0 Å². The highest BCUT2D eigenvalue weighted by Crippen LogP contribution is 2.27. The lowest BCUT2D eigenvalue weighted by Gasteiger charge is -2.42. The van der Waals surface area contributed by atoms with Crippen molar-refractivity contribution >= 4 is 11.8 Å². The van der Waals surface area contributed by atoms with E-state index in [1.54, 1.807) is 19.2 Å². The molecule has 0 spiro atoms. The minimum absolute atomic E-state index is 0.0193. The molecule has 6 nitrogen and oxygen atoms in total. The summed E-state index contributed by atoms with van der Waals surface area (Å²) in [5.74, 6) is 0.555. The van der Waals surface area contributed by atoms with Gasteiger partial charge in [-0.1, -0.05) is 36.4 Å². The van der Waals surface area contributed by atoms with Crippen LogP contribution in [0.4, 0.5) is 0 Å². The minimum Gasteiger partial charge on any atom is -0.484 e. The molecule has 1 fully saturated rings. The second-order valence-corrected chi connectivity index (χ2v) is 7.33. The molecule has 0 unspecified atom stereocenters. The molecule has 1 N–H and O–H groups in total. The highest BCUT2D eigenvalue weighted by atomic mass is 16.5. The van der Waals surface area contributed by atoms with Crippen LogP contribution in [-0.2, 0) is 9.53 Å². The molecule has 2 aromatic carbocycles. The van der Waals surface area contributed by atoms with Crippen LogP contribution < -0.4 is 10.1 Å². The molecular formula is C23H28N2O4. The number of piperidine rings is 1. The van der Waals surface area contributed by atoms with Crippen LogP contribution in [0.2, 0.25) is 0 Å². The van der Waals surface area contributed by atoms with E-state index in [-0.39, 0.29) is 24.0 Å². The van der Waals surface area contributed by atoms with Crippen molar-refractivity contribution in [1.82, 2.24) is 10.2 Å². The lowest BCUT2D eigenvalue weighted by atomic mass is 9.84. The minimum atomic E-state index is -0.375. The van der Waals surface area contributed by atoms with Gasteiger partial charge >= 0.3 is 0 Å². The number of rotatable bonds is 8. The molecule has 0 radical (unpaired) electrons. The Morgan fingerprint density at radius 3 is 2.24 bits per heavy atom. The fourth-order valence-electron chi connectivity index (χ4n) is 3.57. The Bertz CT molecular complexity index is 787. The number of nitrogens with one attached hydrogen (secondary N) is 1. The zero-order valence-corrected chi connectivity index (χ0v) is 16.8. The van der Waals surface area contributed by atoms with Crippen LogP contribution in [0.25, 0.3) is 0 Å². The molecule has 1 saturated heterocycles. The molecule has 3 rings (SSSR count). The first-order chi connectivity index (χ1) is 14.1. The van der Waals surface area contributed by atoms with Crippen LogP contribution in [-0.4, -0.2) is 55.7 Å². The van der Waals surface area contributed by atoms with Gasteiger partial charge in [-0.3, -0.25) is 9.59 Å². The van der Waals surface area contributed by atoms with Gasteiger partial charge in [0.1, 0.15) is 5.75 Å². The third-order valence-electron chi connectivity index (χ3n) is 5.38. The first-order valence-corrected chi connectivity index (χ1v) is 9.94. The highest BCUT2D eigenvalue weighted by Gasteiger charge is 2.37. The Morgan fingerprint density at radius 2 is 1.62 bits per heavy atom. The van der Waals surface area contributed by atoms with Crippen LogP contribution in [0.3, 0.4) is 0 Å². The molecule has 2 amide bonds. The maximum atomic E-state index is 12.7. The van der Waals surface area contributed by atoms with Gasteiger partial charge in [-0.25, -0.2) is 0 Å². The van der Waals surface area contributed by atoms with Gasteiger partial charge in [-0.15, -0.1) is 0 Å². The van der Waals surface area contributed by atoms with Crippen molar-refractivity contribution in [2.45, 2.75) is 24.8 Å². The van der Waals surface area contributed by atoms with Gasteiger partial charge in [0, 0.05) is 37.9 Å². The van der Waals surface area contributed by atoms with E-state index in [1.165, 1.54) is 0 Å². The molecular weight excluding hydrogens is 368 g/mol. The van der Waals surface area contributed by atoms with E-state index < -0.39 is 0 Å². The zero-order chi connectivity index (χ0) is 20.5. The highest BCUT2D eigenvalue weighted by molar-refractivity contribution is 5.94. The Balaban J connectivity index is 1.57. The first-order valence-electron chi connectivity index (χ1n) is 9.94. The molecule has 154 valence electrons. The van der Waals surface area contributed by atoms with E-state index >= 15 is 0 Å². The largest absolute Gasteiger partial charge is 0.484 e. The number of methoxy groups -OCH3 is 1. The van der Waals surface area contributed by atoms with E-state index in [1.807, 2.05) is 53.4 Å². The average molecular weight is 396 g/mol. The third kappa shape index (κ3) is 5.81. The fourth-order valence-corrected chi connectivity index (χ4v) is 3.57. The number of likely N-dealkylation sites (tertiary alicyclic amines) is 1. The van der Waals surface area contributed by atoms with Gasteiger partial charge in [0.05, 0.1) is 0 Å². The number of ether oxygens (including phenoxy) is 2. The standard InChI is InChI=1S/C23H28N2O4/c1-28-17-14-23(24-22(27)19-8-4-2-5-9-19)12-15-25(16-13-23)21(26)18-29-20-10-6-3-7-11-20/h2-11H,12-18H2,1H3,(H,24,27). The molecule has 0 aromatic heterocycles. The summed E-state index contributed by atoms with van der Waals surface area (Å²) in [7, 11) is 1.66. The predicted molar refractivity (Wildman–Crippen MR) is 111 cm³/mol. The van der Waals surface area contributed by atoms with Gasteiger partial charge in [0.15, 0.2) is 6.61 Å². The van der Waals surface area contributed by atoms with Crippen molar-refractivity contribution in [2.75, 3.05) is 33.4 Å². The Labute approximate surface area is 171 Å². The Morgan fingerprint density at radius 1 is 1.00 bits per heavy atom. The Hall–Kier alpha value is -2.86. The van der Waals surface area contributed by atoms with Crippen molar-refractivity contribution in [1.29, 1.82) is 0 Å². The smallest absolute Gasteiger partial charge is 0.260 e. The Kier molecular flexibility index (Phi) is 7.25. The predicted octanol–water partition coefficient (Wildman–Crippen LogP) is 2.89. The maximum absolute atomic E-state index is 12.7. The number of benzene rings is 2. The van der Waals surface area contributed by atoms with E-state index in [0.29, 0.717) is 50.3 Å². The molecule has 0 saturated carbocycles. The van der Waals surface area contributed by atoms with Crippen LogP contribution >= 0.6 is 0 Å². The van der Waals surface area contributed by atoms with Crippen molar-refractivity contribution in [2.24, 2.45) is 0 Å². The summed E-state index contributed by atoms with van der Waals surface area (Å²) in [5, 5.41) is 3.21. The monoisotopic (exact) mass is 396 g/mol. The molecule has 1 heterocycles. The second-order valence-electron chi connectivity index (χ2n) is 7.33. The summed E-state index contributed by atoms with van der Waals surface area (Å²) >= 11 is 0.